The van der Waals surface area contributed by atoms with Gasteiger partial charge in [0.15, 0.2) is 15.0 Å². The summed E-state index contributed by atoms with van der Waals surface area (Å²) in [6.07, 6.45) is 0. The average Bonchev–Trinajstić information content (AvgIpc) is 2.85. The van der Waals surface area contributed by atoms with Crippen LogP contribution < -0.4 is 4.67 Å². The van der Waals surface area contributed by atoms with Crippen molar-refractivity contribution in [2.45, 2.75) is 0 Å². The minimum atomic E-state index is 0.361. The zero-order chi connectivity index (χ0) is 10.7. The molecule has 0 radical (unpaired) electrons. The Kier molecular flexibility index (Phi) is 3.87. The van der Waals surface area contributed by atoms with Crippen LogP contribution in [0.15, 0.2) is 27.7 Å². The Morgan fingerprint density at radius 1 is 1.47 bits per heavy atom. The molecule has 3 nitrogen and oxygen atoms in total. The first-order valence-corrected chi connectivity index (χ1v) is 7.44. The molecule has 2 rings (SSSR count). The lowest BCUT2D eigenvalue weighted by molar-refractivity contribution is 1.17. The predicted molar refractivity (Wildman–Crippen MR) is 67.3 cm³/mol. The molecule has 0 aliphatic rings. The van der Waals surface area contributed by atoms with E-state index in [4.69, 9.17) is 23.2 Å². The topological polar surface area (TPSA) is 37.6 Å². The molecule has 0 atom stereocenters. The van der Waals surface area contributed by atoms with Crippen LogP contribution in [-0.2, 0) is 0 Å². The molecule has 0 fully saturated rings. The zero-order valence-corrected chi connectivity index (χ0v) is 11.0. The second-order valence-corrected chi connectivity index (χ2v) is 5.81. The maximum atomic E-state index is 5.93. The number of hydrogen-bond acceptors (Lipinski definition) is 6. The van der Waals surface area contributed by atoms with Gasteiger partial charge >= 0.3 is 0 Å². The summed E-state index contributed by atoms with van der Waals surface area (Å²) in [5.74, 6) is 0. The van der Waals surface area contributed by atoms with Crippen LogP contribution in [0.25, 0.3) is 0 Å². The molecule has 2 aromatic heterocycles. The van der Waals surface area contributed by atoms with Crippen LogP contribution in [0.3, 0.4) is 0 Å². The van der Waals surface area contributed by atoms with Gasteiger partial charge in [0.1, 0.15) is 0 Å². The van der Waals surface area contributed by atoms with Crippen LogP contribution in [0.4, 0.5) is 0 Å². The molecule has 0 aliphatic carbocycles. The summed E-state index contributed by atoms with van der Waals surface area (Å²) in [7, 11) is 2.63. The monoisotopic (exact) mass is 295 g/mol. The van der Waals surface area contributed by atoms with Crippen LogP contribution in [0, 0.1) is 0 Å². The molecule has 8 heteroatoms. The third kappa shape index (κ3) is 2.85. The quantitative estimate of drug-likeness (QED) is 0.475. The SMILES string of the molecule is Cl/C(=N\N=c1\ssnc1Cl)c1cccs1. The highest BCUT2D eigenvalue weighted by Crippen LogP contribution is 2.12. The highest BCUT2D eigenvalue weighted by Gasteiger charge is 2.00. The lowest BCUT2D eigenvalue weighted by Gasteiger charge is -1.86. The molecular formula is C7H3Cl2N3S3. The van der Waals surface area contributed by atoms with Crippen molar-refractivity contribution >= 4 is 60.6 Å². The Balaban J connectivity index is 2.30. The van der Waals surface area contributed by atoms with E-state index in [0.29, 0.717) is 15.0 Å². The smallest absolute Gasteiger partial charge is 0.167 e. The van der Waals surface area contributed by atoms with Crippen LogP contribution in [0.5, 0.6) is 0 Å². The Morgan fingerprint density at radius 3 is 2.93 bits per heavy atom. The molecule has 0 saturated heterocycles. The van der Waals surface area contributed by atoms with Gasteiger partial charge in [-0.25, -0.2) is 0 Å². The molecule has 0 aliphatic heterocycles. The van der Waals surface area contributed by atoms with Crippen molar-refractivity contribution in [2.24, 2.45) is 10.2 Å². The molecule has 78 valence electrons. The van der Waals surface area contributed by atoms with Gasteiger partial charge in [-0.05, 0) is 21.8 Å². The molecule has 0 spiro atoms. The standard InChI is InChI=1S/C7H3Cl2N3S3/c8-5(4-2-1-3-13-4)10-11-7-6(9)12-15-14-7/h1-3H/b10-5-,11-7+. The summed E-state index contributed by atoms with van der Waals surface area (Å²) in [5, 5.41) is 10.5. The van der Waals surface area contributed by atoms with E-state index in [1.165, 1.54) is 32.2 Å². The molecule has 0 bridgehead atoms. The predicted octanol–water partition coefficient (Wildman–Crippen LogP) is 3.42. The van der Waals surface area contributed by atoms with E-state index >= 15 is 0 Å². The number of hydrogen-bond donors (Lipinski definition) is 0. The normalized spacial score (nSPS) is 13.5. The molecule has 0 amide bonds. The van der Waals surface area contributed by atoms with E-state index in [1.54, 1.807) is 0 Å². The van der Waals surface area contributed by atoms with Gasteiger partial charge in [-0.1, -0.05) is 29.3 Å². The Labute approximate surface area is 107 Å². The van der Waals surface area contributed by atoms with Crippen LogP contribution >= 0.6 is 55.4 Å². The van der Waals surface area contributed by atoms with E-state index in [9.17, 15) is 0 Å². The second-order valence-electron chi connectivity index (χ2n) is 2.31. The van der Waals surface area contributed by atoms with Gasteiger partial charge in [-0.2, -0.15) is 4.37 Å². The molecule has 0 aromatic carbocycles. The fourth-order valence-electron chi connectivity index (χ4n) is 0.753. The van der Waals surface area contributed by atoms with Crippen LogP contribution in [0.1, 0.15) is 4.88 Å². The lowest BCUT2D eigenvalue weighted by Crippen LogP contribution is -1.94. The first-order chi connectivity index (χ1) is 7.27. The Morgan fingerprint density at radius 2 is 2.33 bits per heavy atom. The molecule has 2 heterocycles. The third-order valence-electron chi connectivity index (χ3n) is 1.36. The minimum Gasteiger partial charge on any atom is -0.167 e. The first kappa shape index (κ1) is 11.2. The van der Waals surface area contributed by atoms with Crippen LogP contribution in [0.2, 0.25) is 5.15 Å². The highest BCUT2D eigenvalue weighted by molar-refractivity contribution is 7.66. The summed E-state index contributed by atoms with van der Waals surface area (Å²) in [6.45, 7) is 0. The summed E-state index contributed by atoms with van der Waals surface area (Å²) in [6, 6.07) is 3.78. The molecule has 2 aromatic rings. The number of halogens is 2. The van der Waals surface area contributed by atoms with Crippen LogP contribution in [-0.4, -0.2) is 9.54 Å². The summed E-state index contributed by atoms with van der Waals surface area (Å²) < 4.78 is 4.46. The third-order valence-corrected chi connectivity index (χ3v) is 4.79. The van der Waals surface area contributed by atoms with Crippen molar-refractivity contribution in [3.63, 3.8) is 0 Å². The van der Waals surface area contributed by atoms with Gasteiger partial charge in [0, 0.05) is 10.5 Å². The fourth-order valence-corrected chi connectivity index (χ4v) is 3.49. The largest absolute Gasteiger partial charge is 0.188 e. The van der Waals surface area contributed by atoms with Gasteiger partial charge in [0.05, 0.1) is 4.88 Å². The zero-order valence-electron chi connectivity index (χ0n) is 7.05. The Hall–Kier alpha value is -0.270. The van der Waals surface area contributed by atoms with E-state index in [1.807, 2.05) is 17.5 Å². The van der Waals surface area contributed by atoms with Crippen molar-refractivity contribution in [1.82, 2.24) is 4.37 Å². The number of thiophene rings is 1. The van der Waals surface area contributed by atoms with Crippen molar-refractivity contribution in [2.75, 3.05) is 0 Å². The average molecular weight is 296 g/mol. The van der Waals surface area contributed by atoms with E-state index in [0.717, 1.165) is 4.88 Å². The van der Waals surface area contributed by atoms with E-state index < -0.39 is 0 Å². The van der Waals surface area contributed by atoms with Crippen molar-refractivity contribution in [1.29, 1.82) is 0 Å². The van der Waals surface area contributed by atoms with E-state index in [-0.39, 0.29) is 0 Å². The lowest BCUT2D eigenvalue weighted by atomic mass is 10.5. The number of rotatable bonds is 2. The van der Waals surface area contributed by atoms with Crippen molar-refractivity contribution in [3.8, 4) is 0 Å². The molecule has 0 unspecified atom stereocenters. The maximum absolute atomic E-state index is 5.93. The van der Waals surface area contributed by atoms with Gasteiger partial charge in [0.25, 0.3) is 0 Å². The Bertz CT molecular complexity index is 526. The molecular weight excluding hydrogens is 293 g/mol. The van der Waals surface area contributed by atoms with Gasteiger partial charge in [-0.3, -0.25) is 0 Å². The number of nitrogens with zero attached hydrogens (tertiary/aromatic N) is 3. The number of aromatic nitrogens is 1. The maximum Gasteiger partial charge on any atom is 0.188 e. The molecule has 0 N–H and O–H groups in total. The highest BCUT2D eigenvalue weighted by atomic mass is 35.5. The van der Waals surface area contributed by atoms with Crippen molar-refractivity contribution < 1.29 is 0 Å². The van der Waals surface area contributed by atoms with E-state index in [2.05, 4.69) is 14.6 Å². The summed E-state index contributed by atoms with van der Waals surface area (Å²) in [4.78, 5) is 0.879. The second kappa shape index (κ2) is 5.18. The minimum absolute atomic E-state index is 0.361. The van der Waals surface area contributed by atoms with Crippen molar-refractivity contribution in [3.05, 3.63) is 32.2 Å². The first-order valence-electron chi connectivity index (χ1n) is 3.70. The molecule has 15 heavy (non-hydrogen) atoms. The summed E-state index contributed by atoms with van der Waals surface area (Å²) in [5.41, 5.74) is 0. The van der Waals surface area contributed by atoms with Gasteiger partial charge in [0.2, 0.25) is 0 Å². The summed E-state index contributed by atoms with van der Waals surface area (Å²) >= 11 is 13.2. The van der Waals surface area contributed by atoms with Gasteiger partial charge in [-0.15, -0.1) is 21.5 Å². The fraction of sp³-hybridized carbons (Fsp3) is 0. The van der Waals surface area contributed by atoms with Gasteiger partial charge < -0.3 is 0 Å². The molecule has 0 saturated carbocycles.